The average molecular weight is 299 g/mol. The van der Waals surface area contributed by atoms with Gasteiger partial charge in [0.05, 0.1) is 11.9 Å². The second-order valence-electron chi connectivity index (χ2n) is 5.20. The van der Waals surface area contributed by atoms with E-state index in [1.807, 2.05) is 6.92 Å². The Morgan fingerprint density at radius 2 is 2.05 bits per heavy atom. The maximum absolute atomic E-state index is 12.3. The maximum atomic E-state index is 12.3. The van der Waals surface area contributed by atoms with Gasteiger partial charge in [0, 0.05) is 44.4 Å². The van der Waals surface area contributed by atoms with E-state index in [4.69, 9.17) is 4.74 Å². The van der Waals surface area contributed by atoms with Crippen molar-refractivity contribution in [3.63, 3.8) is 0 Å². The maximum Gasteiger partial charge on any atom is 0.274 e. The van der Waals surface area contributed by atoms with E-state index in [1.165, 1.54) is 12.5 Å². The third-order valence-corrected chi connectivity index (χ3v) is 3.57. The number of aromatic nitrogens is 4. The van der Waals surface area contributed by atoms with Crippen molar-refractivity contribution >= 4 is 5.91 Å². The predicted octanol–water partition coefficient (Wildman–Crippen LogP) is 1.26. The summed E-state index contributed by atoms with van der Waals surface area (Å²) >= 11 is 0. The van der Waals surface area contributed by atoms with Crippen LogP contribution in [0.1, 0.15) is 29.0 Å². The Balaban J connectivity index is 1.55. The van der Waals surface area contributed by atoms with Gasteiger partial charge in [-0.3, -0.25) is 9.78 Å². The van der Waals surface area contributed by atoms with Crippen LogP contribution in [0.15, 0.2) is 31.0 Å². The van der Waals surface area contributed by atoms with Gasteiger partial charge in [-0.15, -0.1) is 0 Å². The van der Waals surface area contributed by atoms with E-state index in [-0.39, 0.29) is 12.0 Å². The molecule has 0 aliphatic carbocycles. The SMILES string of the molecule is Cc1cnc(C(=O)N2CCC(Oc3ccncn3)CC2)cn1. The first-order chi connectivity index (χ1) is 10.7. The molecule has 1 fully saturated rings. The predicted molar refractivity (Wildman–Crippen MR) is 78.4 cm³/mol. The van der Waals surface area contributed by atoms with Gasteiger partial charge in [-0.1, -0.05) is 0 Å². The number of hydrogen-bond acceptors (Lipinski definition) is 6. The van der Waals surface area contributed by atoms with Crippen molar-refractivity contribution in [1.82, 2.24) is 24.8 Å². The molecule has 0 unspecified atom stereocenters. The van der Waals surface area contributed by atoms with E-state index in [0.717, 1.165) is 18.5 Å². The molecule has 0 atom stereocenters. The number of amides is 1. The Hall–Kier alpha value is -2.57. The van der Waals surface area contributed by atoms with Crippen LogP contribution in [-0.4, -0.2) is 49.9 Å². The average Bonchev–Trinajstić information content (AvgIpc) is 2.57. The summed E-state index contributed by atoms with van der Waals surface area (Å²) in [6, 6.07) is 1.74. The van der Waals surface area contributed by atoms with Crippen molar-refractivity contribution in [2.24, 2.45) is 0 Å². The van der Waals surface area contributed by atoms with Gasteiger partial charge in [0.25, 0.3) is 5.91 Å². The molecule has 7 heteroatoms. The molecule has 0 aromatic carbocycles. The Bertz CT molecular complexity index is 624. The topological polar surface area (TPSA) is 81.1 Å². The van der Waals surface area contributed by atoms with Crippen molar-refractivity contribution < 1.29 is 9.53 Å². The molecule has 1 saturated heterocycles. The minimum atomic E-state index is -0.0759. The Morgan fingerprint density at radius 3 is 2.68 bits per heavy atom. The number of likely N-dealkylation sites (tertiary alicyclic amines) is 1. The van der Waals surface area contributed by atoms with Crippen molar-refractivity contribution in [2.45, 2.75) is 25.9 Å². The van der Waals surface area contributed by atoms with Crippen molar-refractivity contribution in [3.8, 4) is 5.88 Å². The number of piperidine rings is 1. The molecule has 1 amide bonds. The molecule has 2 aromatic rings. The van der Waals surface area contributed by atoms with E-state index in [1.54, 1.807) is 23.4 Å². The lowest BCUT2D eigenvalue weighted by atomic mass is 10.1. The fourth-order valence-electron chi connectivity index (χ4n) is 2.36. The number of carbonyl (C=O) groups is 1. The standard InChI is InChI=1S/C15H17N5O2/c1-11-8-18-13(9-17-11)15(21)20-6-3-12(4-7-20)22-14-2-5-16-10-19-14/h2,5,8-10,12H,3-4,6-7H2,1H3. The van der Waals surface area contributed by atoms with E-state index < -0.39 is 0 Å². The van der Waals surface area contributed by atoms with Gasteiger partial charge >= 0.3 is 0 Å². The summed E-state index contributed by atoms with van der Waals surface area (Å²) in [7, 11) is 0. The lowest BCUT2D eigenvalue weighted by Gasteiger charge is -2.31. The van der Waals surface area contributed by atoms with E-state index >= 15 is 0 Å². The smallest absolute Gasteiger partial charge is 0.274 e. The summed E-state index contributed by atoms with van der Waals surface area (Å²) in [6.07, 6.45) is 7.87. The Kier molecular flexibility index (Phi) is 4.22. The molecule has 1 aliphatic rings. The molecule has 1 aliphatic heterocycles. The molecule has 0 bridgehead atoms. The summed E-state index contributed by atoms with van der Waals surface area (Å²) in [5, 5.41) is 0. The lowest BCUT2D eigenvalue weighted by molar-refractivity contribution is 0.0582. The van der Waals surface area contributed by atoms with Gasteiger partial charge in [0.15, 0.2) is 0 Å². The summed E-state index contributed by atoms with van der Waals surface area (Å²) in [5.41, 5.74) is 1.19. The molecular weight excluding hydrogens is 282 g/mol. The van der Waals surface area contributed by atoms with Crippen LogP contribution < -0.4 is 4.74 Å². The van der Waals surface area contributed by atoms with Crippen molar-refractivity contribution in [2.75, 3.05) is 13.1 Å². The summed E-state index contributed by atoms with van der Waals surface area (Å²) in [5.74, 6) is 0.497. The first-order valence-corrected chi connectivity index (χ1v) is 7.23. The van der Waals surface area contributed by atoms with Crippen LogP contribution in [0.4, 0.5) is 0 Å². The van der Waals surface area contributed by atoms with Gasteiger partial charge < -0.3 is 9.64 Å². The van der Waals surface area contributed by atoms with Crippen LogP contribution >= 0.6 is 0 Å². The van der Waals surface area contributed by atoms with Crippen LogP contribution in [-0.2, 0) is 0 Å². The number of aryl methyl sites for hydroxylation is 1. The molecule has 0 radical (unpaired) electrons. The largest absolute Gasteiger partial charge is 0.474 e. The fraction of sp³-hybridized carbons (Fsp3) is 0.400. The molecule has 7 nitrogen and oxygen atoms in total. The second kappa shape index (κ2) is 6.46. The zero-order valence-electron chi connectivity index (χ0n) is 12.3. The fourth-order valence-corrected chi connectivity index (χ4v) is 2.36. The van der Waals surface area contributed by atoms with Gasteiger partial charge in [0.1, 0.15) is 18.1 Å². The second-order valence-corrected chi connectivity index (χ2v) is 5.20. The molecular formula is C15H17N5O2. The first kappa shape index (κ1) is 14.4. The quantitative estimate of drug-likeness (QED) is 0.848. The van der Waals surface area contributed by atoms with Crippen LogP contribution in [0.2, 0.25) is 0 Å². The molecule has 2 aromatic heterocycles. The number of rotatable bonds is 3. The molecule has 0 saturated carbocycles. The van der Waals surface area contributed by atoms with Gasteiger partial charge in [-0.05, 0) is 6.92 Å². The van der Waals surface area contributed by atoms with Crippen LogP contribution in [0.25, 0.3) is 0 Å². The molecule has 3 heterocycles. The number of hydrogen-bond donors (Lipinski definition) is 0. The zero-order valence-corrected chi connectivity index (χ0v) is 12.3. The van der Waals surface area contributed by atoms with E-state index in [2.05, 4.69) is 19.9 Å². The minimum absolute atomic E-state index is 0.0723. The Labute approximate surface area is 128 Å². The Morgan fingerprint density at radius 1 is 1.23 bits per heavy atom. The van der Waals surface area contributed by atoms with Gasteiger partial charge in [-0.25, -0.2) is 15.0 Å². The normalized spacial score (nSPS) is 15.6. The number of carbonyl (C=O) groups excluding carboxylic acids is 1. The molecule has 3 rings (SSSR count). The minimum Gasteiger partial charge on any atom is -0.474 e. The van der Waals surface area contributed by atoms with Crippen LogP contribution in [0.5, 0.6) is 5.88 Å². The third-order valence-electron chi connectivity index (χ3n) is 3.57. The highest BCUT2D eigenvalue weighted by atomic mass is 16.5. The molecule has 114 valence electrons. The summed E-state index contributed by atoms with van der Waals surface area (Å²) < 4.78 is 5.79. The summed E-state index contributed by atoms with van der Waals surface area (Å²) in [6.45, 7) is 3.13. The van der Waals surface area contributed by atoms with Gasteiger partial charge in [-0.2, -0.15) is 0 Å². The van der Waals surface area contributed by atoms with E-state index in [0.29, 0.717) is 24.7 Å². The first-order valence-electron chi connectivity index (χ1n) is 7.23. The highest BCUT2D eigenvalue weighted by Crippen LogP contribution is 2.17. The number of nitrogens with zero attached hydrogens (tertiary/aromatic N) is 5. The van der Waals surface area contributed by atoms with Gasteiger partial charge in [0.2, 0.25) is 5.88 Å². The highest BCUT2D eigenvalue weighted by Gasteiger charge is 2.25. The lowest BCUT2D eigenvalue weighted by Crippen LogP contribution is -2.42. The monoisotopic (exact) mass is 299 g/mol. The number of ether oxygens (including phenoxy) is 1. The third kappa shape index (κ3) is 3.36. The molecule has 0 N–H and O–H groups in total. The van der Waals surface area contributed by atoms with Crippen LogP contribution in [0.3, 0.4) is 0 Å². The highest BCUT2D eigenvalue weighted by molar-refractivity contribution is 5.92. The zero-order chi connectivity index (χ0) is 15.4. The van der Waals surface area contributed by atoms with Crippen molar-refractivity contribution in [3.05, 3.63) is 42.4 Å². The van der Waals surface area contributed by atoms with Crippen LogP contribution in [0, 0.1) is 6.92 Å². The molecule has 22 heavy (non-hydrogen) atoms. The summed E-state index contributed by atoms with van der Waals surface area (Å²) in [4.78, 5) is 30.3. The van der Waals surface area contributed by atoms with Crippen molar-refractivity contribution in [1.29, 1.82) is 0 Å². The van der Waals surface area contributed by atoms with E-state index in [9.17, 15) is 4.79 Å². The molecule has 0 spiro atoms.